The molecule has 0 fully saturated rings. The van der Waals surface area contributed by atoms with Crippen molar-refractivity contribution < 1.29 is 57.8 Å². The van der Waals surface area contributed by atoms with Gasteiger partial charge in [0.05, 0.1) is 25.4 Å². The SMILES string of the molecule is O=C(O)CCCNP(=O)(O)OCCCCNC(=O)CCC(NC(=O)CCCCCNC(=O)CNC(=O)CCC(=O)N1Cc2ccccc2C#Cc2ccccc21)C(=O)O. The predicted octanol–water partition coefficient (Wildman–Crippen LogP) is 2.32. The topological polar surface area (TPSA) is 270 Å². The Morgan fingerprint density at radius 2 is 1.36 bits per heavy atom. The number of para-hydroxylation sites is 1. The molecule has 5 amide bonds. The molecule has 2 atom stereocenters. The number of anilines is 1. The van der Waals surface area contributed by atoms with Gasteiger partial charge in [-0.15, -0.1) is 0 Å². The van der Waals surface area contributed by atoms with Gasteiger partial charge in [-0.25, -0.2) is 14.4 Å². The van der Waals surface area contributed by atoms with Crippen molar-refractivity contribution in [2.45, 2.75) is 89.6 Å². The summed E-state index contributed by atoms with van der Waals surface area (Å²) in [6.45, 7) is 0.478. The number of carbonyl (C=O) groups excluding carboxylic acids is 5. The third-order valence-electron chi connectivity index (χ3n) is 8.92. The number of nitrogens with one attached hydrogen (secondary N) is 5. The summed E-state index contributed by atoms with van der Waals surface area (Å²) in [5.74, 6) is 1.98. The Labute approximate surface area is 342 Å². The lowest BCUT2D eigenvalue weighted by Crippen LogP contribution is -2.41. The normalized spacial score (nSPS) is 13.1. The first-order valence-electron chi connectivity index (χ1n) is 19.5. The fourth-order valence-electron chi connectivity index (χ4n) is 5.74. The lowest BCUT2D eigenvalue weighted by atomic mass is 10.0. The Bertz CT molecular complexity index is 1900. The van der Waals surface area contributed by atoms with E-state index in [9.17, 15) is 48.1 Å². The maximum Gasteiger partial charge on any atom is 0.402 e. The summed E-state index contributed by atoms with van der Waals surface area (Å²) >= 11 is 0. The molecule has 0 aromatic heterocycles. The average Bonchev–Trinajstić information content (AvgIpc) is 3.19. The largest absolute Gasteiger partial charge is 0.481 e. The highest BCUT2D eigenvalue weighted by Crippen LogP contribution is 2.36. The van der Waals surface area contributed by atoms with E-state index in [1.165, 1.54) is 0 Å². The molecule has 2 unspecified atom stereocenters. The number of benzene rings is 2. The molecule has 59 heavy (non-hydrogen) atoms. The van der Waals surface area contributed by atoms with Crippen LogP contribution >= 0.6 is 7.75 Å². The van der Waals surface area contributed by atoms with E-state index in [0.717, 1.165) is 11.1 Å². The Morgan fingerprint density at radius 3 is 2.10 bits per heavy atom. The van der Waals surface area contributed by atoms with E-state index in [1.54, 1.807) is 4.90 Å². The van der Waals surface area contributed by atoms with E-state index in [-0.39, 0.29) is 77.1 Å². The molecule has 0 radical (unpaired) electrons. The summed E-state index contributed by atoms with van der Waals surface area (Å²) < 4.78 is 16.7. The molecule has 1 aliphatic heterocycles. The first-order valence-corrected chi connectivity index (χ1v) is 21.1. The molecule has 18 nitrogen and oxygen atoms in total. The molecule has 0 saturated heterocycles. The van der Waals surface area contributed by atoms with Crippen LogP contribution in [0.15, 0.2) is 48.5 Å². The van der Waals surface area contributed by atoms with Crippen LogP contribution in [0, 0.1) is 11.8 Å². The number of nitrogens with zero attached hydrogens (tertiary/aromatic N) is 1. The van der Waals surface area contributed by atoms with Gasteiger partial charge in [-0.05, 0) is 62.3 Å². The molecular weight excluding hydrogens is 787 g/mol. The molecule has 0 saturated carbocycles. The van der Waals surface area contributed by atoms with Gasteiger partial charge in [-0.2, -0.15) is 0 Å². The fraction of sp³-hybridized carbons (Fsp3) is 0.475. The second kappa shape index (κ2) is 25.7. The molecule has 0 bridgehead atoms. The molecule has 3 rings (SSSR count). The predicted molar refractivity (Wildman–Crippen MR) is 215 cm³/mol. The van der Waals surface area contributed by atoms with Crippen molar-refractivity contribution in [3.63, 3.8) is 0 Å². The Morgan fingerprint density at radius 1 is 0.695 bits per heavy atom. The first-order chi connectivity index (χ1) is 28.2. The van der Waals surface area contributed by atoms with E-state index < -0.39 is 49.4 Å². The number of rotatable bonds is 27. The van der Waals surface area contributed by atoms with Gasteiger partial charge in [0.2, 0.25) is 29.5 Å². The van der Waals surface area contributed by atoms with Gasteiger partial charge in [0.1, 0.15) is 6.04 Å². The van der Waals surface area contributed by atoms with E-state index in [4.69, 9.17) is 9.63 Å². The number of carboxylic acids is 2. The summed E-state index contributed by atoms with van der Waals surface area (Å²) in [6, 6.07) is 13.7. The zero-order valence-electron chi connectivity index (χ0n) is 32.8. The van der Waals surface area contributed by atoms with Crippen LogP contribution < -0.4 is 31.3 Å². The molecular formula is C40H53N6O12P. The molecule has 0 spiro atoms. The van der Waals surface area contributed by atoms with Crippen LogP contribution in [0.5, 0.6) is 0 Å². The van der Waals surface area contributed by atoms with E-state index in [1.807, 2.05) is 48.5 Å². The summed E-state index contributed by atoms with van der Waals surface area (Å²) in [4.78, 5) is 96.1. The Balaban J connectivity index is 1.22. The Kier molecular flexibility index (Phi) is 20.8. The van der Waals surface area contributed by atoms with Crippen molar-refractivity contribution >= 4 is 54.9 Å². The molecule has 320 valence electrons. The summed E-state index contributed by atoms with van der Waals surface area (Å²) in [7, 11) is -4.06. The van der Waals surface area contributed by atoms with E-state index in [2.05, 4.69) is 38.2 Å². The van der Waals surface area contributed by atoms with Crippen molar-refractivity contribution in [2.24, 2.45) is 0 Å². The number of hydrogen-bond donors (Lipinski definition) is 8. The smallest absolute Gasteiger partial charge is 0.402 e. The number of amides is 5. The van der Waals surface area contributed by atoms with Crippen molar-refractivity contribution in [1.29, 1.82) is 0 Å². The molecule has 0 aliphatic carbocycles. The van der Waals surface area contributed by atoms with Gasteiger partial charge in [-0.3, -0.25) is 33.3 Å². The fourth-order valence-corrected chi connectivity index (χ4v) is 6.65. The second-order valence-electron chi connectivity index (χ2n) is 13.7. The van der Waals surface area contributed by atoms with Crippen molar-refractivity contribution in [2.75, 3.05) is 37.7 Å². The third-order valence-corrected chi connectivity index (χ3v) is 10.1. The van der Waals surface area contributed by atoms with Gasteiger partial charge < -0.3 is 41.3 Å². The van der Waals surface area contributed by atoms with Crippen LogP contribution in [0.25, 0.3) is 0 Å². The van der Waals surface area contributed by atoms with Gasteiger partial charge >= 0.3 is 19.7 Å². The highest BCUT2D eigenvalue weighted by Gasteiger charge is 2.23. The lowest BCUT2D eigenvalue weighted by Gasteiger charge is -2.26. The quantitative estimate of drug-likeness (QED) is 0.0365. The molecule has 19 heteroatoms. The number of hydrogen-bond acceptors (Lipinski definition) is 9. The number of fused-ring (bicyclic) bond motifs is 2. The standard InChI is InChI=1S/C40H53N6O12P/c47-34(41-24-8-9-26-58-59(56,57)44-25-10-16-39(52)53)20-19-32(40(54)55)45-36(49)15-2-1-7-23-42-37(50)27-43-35(48)21-22-38(51)46-28-31-13-4-3-11-29(31)17-18-30-12-5-6-14-33(30)46/h3-6,11-14,32H,1-2,7-10,15-16,19-28H2,(H,41,47)(H,42,50)(H,43,48)(H,45,49)(H,52,53)(H,54,55)(H2,44,56,57). The van der Waals surface area contributed by atoms with Crippen molar-refractivity contribution in [3.8, 4) is 11.8 Å². The van der Waals surface area contributed by atoms with Gasteiger partial charge in [0.15, 0.2) is 0 Å². The molecule has 1 heterocycles. The molecule has 2 aromatic carbocycles. The van der Waals surface area contributed by atoms with Gasteiger partial charge in [0, 0.05) is 62.9 Å². The van der Waals surface area contributed by atoms with Crippen LogP contribution in [0.3, 0.4) is 0 Å². The number of carbonyl (C=O) groups is 7. The maximum absolute atomic E-state index is 13.3. The van der Waals surface area contributed by atoms with E-state index in [0.29, 0.717) is 56.4 Å². The van der Waals surface area contributed by atoms with Crippen molar-refractivity contribution in [1.82, 2.24) is 26.4 Å². The minimum absolute atomic E-state index is 0.00124. The average molecular weight is 841 g/mol. The number of carboxylic acid groups (broad SMARTS) is 2. The van der Waals surface area contributed by atoms with Crippen LogP contribution in [0.4, 0.5) is 5.69 Å². The minimum Gasteiger partial charge on any atom is -0.481 e. The lowest BCUT2D eigenvalue weighted by molar-refractivity contribution is -0.142. The first kappa shape index (κ1) is 47.8. The van der Waals surface area contributed by atoms with Gasteiger partial charge in [0.25, 0.3) is 0 Å². The minimum atomic E-state index is -4.06. The zero-order valence-corrected chi connectivity index (χ0v) is 33.7. The van der Waals surface area contributed by atoms with Crippen LogP contribution in [-0.2, 0) is 49.2 Å². The highest BCUT2D eigenvalue weighted by molar-refractivity contribution is 7.50. The third kappa shape index (κ3) is 19.1. The number of aliphatic carboxylic acids is 2. The number of unbranched alkanes of at least 4 members (excludes halogenated alkanes) is 3. The zero-order chi connectivity index (χ0) is 43.0. The molecule has 1 aliphatic rings. The van der Waals surface area contributed by atoms with Crippen LogP contribution in [-0.4, -0.2) is 95.4 Å². The summed E-state index contributed by atoms with van der Waals surface area (Å²) in [5.41, 5.74) is 3.10. The summed E-state index contributed by atoms with van der Waals surface area (Å²) in [6.07, 6.45) is 1.87. The highest BCUT2D eigenvalue weighted by atomic mass is 31.2. The molecule has 8 N–H and O–H groups in total. The van der Waals surface area contributed by atoms with Crippen LogP contribution in [0.2, 0.25) is 0 Å². The Hall–Kier alpha value is -5.60. The van der Waals surface area contributed by atoms with Crippen molar-refractivity contribution in [3.05, 3.63) is 65.2 Å². The second-order valence-corrected chi connectivity index (χ2v) is 15.3. The van der Waals surface area contributed by atoms with E-state index >= 15 is 0 Å². The van der Waals surface area contributed by atoms with Crippen LogP contribution in [0.1, 0.15) is 93.7 Å². The summed E-state index contributed by atoms with van der Waals surface area (Å²) in [5, 5.41) is 30.6. The maximum atomic E-state index is 13.3. The molecule has 2 aromatic rings. The monoisotopic (exact) mass is 840 g/mol. The van der Waals surface area contributed by atoms with Gasteiger partial charge in [-0.1, -0.05) is 48.6 Å².